The molecule has 0 aliphatic heterocycles. The molecule has 0 amide bonds. The van der Waals surface area contributed by atoms with Crippen LogP contribution in [0, 0.1) is 29.1 Å². The monoisotopic (exact) mass is 308 g/mol. The Hall–Kier alpha value is -1.70. The summed E-state index contributed by atoms with van der Waals surface area (Å²) >= 11 is 0. The average Bonchev–Trinajstić information content (AvgIpc) is 3.24. The van der Waals surface area contributed by atoms with Crippen LogP contribution in [-0.4, -0.2) is 11.6 Å². The predicted molar refractivity (Wildman–Crippen MR) is 90.7 cm³/mol. The summed E-state index contributed by atoms with van der Waals surface area (Å²) in [6, 6.07) is 0. The molecule has 0 aromatic heterocycles. The fourth-order valence-corrected chi connectivity index (χ4v) is 6.03. The quantitative estimate of drug-likeness (QED) is 0.730. The van der Waals surface area contributed by atoms with Crippen molar-refractivity contribution in [2.45, 2.75) is 38.5 Å². The van der Waals surface area contributed by atoms with E-state index in [4.69, 9.17) is 0 Å². The Labute approximate surface area is 138 Å². The van der Waals surface area contributed by atoms with Crippen LogP contribution in [0.2, 0.25) is 0 Å². The number of carbonyl (C=O) groups excluding carboxylic acids is 2. The van der Waals surface area contributed by atoms with Crippen molar-refractivity contribution >= 4 is 11.6 Å². The van der Waals surface area contributed by atoms with Gasteiger partial charge in [-0.3, -0.25) is 9.59 Å². The third-order valence-electron chi connectivity index (χ3n) is 6.81. The fraction of sp³-hybridized carbons (Fsp3) is 0.524. The van der Waals surface area contributed by atoms with Crippen LogP contribution >= 0.6 is 0 Å². The van der Waals surface area contributed by atoms with E-state index in [1.165, 1.54) is 25.7 Å². The molecular weight excluding hydrogens is 284 g/mol. The third kappa shape index (κ3) is 1.75. The summed E-state index contributed by atoms with van der Waals surface area (Å²) in [5.74, 6) is 0.769. The van der Waals surface area contributed by atoms with E-state index < -0.39 is 0 Å². The Morgan fingerprint density at radius 2 is 1.35 bits per heavy atom. The lowest BCUT2D eigenvalue weighted by Crippen LogP contribution is -2.40. The van der Waals surface area contributed by atoms with Crippen molar-refractivity contribution in [1.29, 1.82) is 0 Å². The molecule has 0 radical (unpaired) electrons. The molecule has 4 rings (SSSR count). The van der Waals surface area contributed by atoms with Crippen LogP contribution in [0.25, 0.3) is 0 Å². The largest absolute Gasteiger partial charge is 0.294 e. The van der Waals surface area contributed by atoms with Crippen molar-refractivity contribution in [2.75, 3.05) is 0 Å². The Morgan fingerprint density at radius 1 is 0.913 bits per heavy atom. The molecule has 2 fully saturated rings. The molecule has 1 spiro atoms. The van der Waals surface area contributed by atoms with Crippen molar-refractivity contribution in [3.05, 3.63) is 48.6 Å². The number of hydrogen-bond acceptors (Lipinski definition) is 2. The summed E-state index contributed by atoms with van der Waals surface area (Å²) in [5, 5.41) is 0. The minimum absolute atomic E-state index is 0.112. The normalized spacial score (nSPS) is 36.9. The third-order valence-corrected chi connectivity index (χ3v) is 6.81. The van der Waals surface area contributed by atoms with Crippen molar-refractivity contribution < 1.29 is 9.59 Å². The number of hydrogen-bond donors (Lipinski definition) is 0. The number of rotatable bonds is 4. The molecule has 0 N–H and O–H groups in total. The lowest BCUT2D eigenvalue weighted by molar-refractivity contribution is -0.131. The van der Waals surface area contributed by atoms with E-state index in [2.05, 4.69) is 25.3 Å². The predicted octanol–water partition coefficient (Wildman–Crippen LogP) is 4.20. The van der Waals surface area contributed by atoms with Crippen LogP contribution in [0.5, 0.6) is 0 Å². The van der Waals surface area contributed by atoms with Crippen molar-refractivity contribution in [2.24, 2.45) is 29.1 Å². The van der Waals surface area contributed by atoms with Gasteiger partial charge in [0.1, 0.15) is 0 Å². The van der Waals surface area contributed by atoms with Crippen LogP contribution in [0.1, 0.15) is 38.5 Å². The van der Waals surface area contributed by atoms with Gasteiger partial charge in [0.15, 0.2) is 11.6 Å². The van der Waals surface area contributed by atoms with Gasteiger partial charge in [-0.25, -0.2) is 0 Å². The van der Waals surface area contributed by atoms with Crippen molar-refractivity contribution in [3.63, 3.8) is 0 Å². The summed E-state index contributed by atoms with van der Waals surface area (Å²) in [7, 11) is 0. The highest BCUT2D eigenvalue weighted by Gasteiger charge is 2.66. The van der Waals surface area contributed by atoms with E-state index in [0.29, 0.717) is 24.0 Å². The number of allylic oxidation sites excluding steroid dienone is 6. The van der Waals surface area contributed by atoms with E-state index in [0.717, 1.165) is 0 Å². The summed E-state index contributed by atoms with van der Waals surface area (Å²) in [6.45, 7) is 7.55. The summed E-state index contributed by atoms with van der Waals surface area (Å²) in [4.78, 5) is 26.5. The number of fused-ring (bicyclic) bond motifs is 3. The van der Waals surface area contributed by atoms with Gasteiger partial charge in [-0.2, -0.15) is 0 Å². The lowest BCUT2D eigenvalue weighted by Gasteiger charge is -2.32. The second-order valence-electron chi connectivity index (χ2n) is 7.60. The first kappa shape index (κ1) is 14.9. The van der Waals surface area contributed by atoms with Crippen molar-refractivity contribution in [3.8, 4) is 0 Å². The molecule has 4 aliphatic carbocycles. The Bertz CT molecular complexity index is 607. The van der Waals surface area contributed by atoms with Crippen LogP contribution in [0.4, 0.5) is 0 Å². The highest BCUT2D eigenvalue weighted by molar-refractivity contribution is 6.15. The molecule has 0 aromatic rings. The maximum atomic E-state index is 13.2. The van der Waals surface area contributed by atoms with Gasteiger partial charge in [0.25, 0.3) is 0 Å². The van der Waals surface area contributed by atoms with Gasteiger partial charge >= 0.3 is 0 Å². The second kappa shape index (κ2) is 5.15. The molecule has 0 aromatic carbocycles. The standard InChI is InChI=1S/C21H24O2/c1-3-7-13-14(8-4-2)20(23)18-16-10-9-15(17(18)19(13)22)21(16)11-5-6-12-21/h3-4,9-10,15-18H,1-2,5-8,11-12H2. The minimum Gasteiger partial charge on any atom is -0.294 e. The zero-order valence-electron chi connectivity index (χ0n) is 13.6. The first-order chi connectivity index (χ1) is 11.2. The molecule has 2 bridgehead atoms. The zero-order chi connectivity index (χ0) is 16.2. The molecule has 4 unspecified atom stereocenters. The minimum atomic E-state index is -0.112. The van der Waals surface area contributed by atoms with Gasteiger partial charge in [-0.05, 0) is 42.9 Å². The Balaban J connectivity index is 1.81. The molecule has 120 valence electrons. The smallest absolute Gasteiger partial charge is 0.164 e. The molecule has 23 heavy (non-hydrogen) atoms. The molecule has 2 heteroatoms. The van der Waals surface area contributed by atoms with E-state index in [1.54, 1.807) is 12.2 Å². The van der Waals surface area contributed by atoms with Gasteiger partial charge in [-0.15, -0.1) is 13.2 Å². The zero-order valence-corrected chi connectivity index (χ0v) is 13.6. The molecular formula is C21H24O2. The van der Waals surface area contributed by atoms with Crippen molar-refractivity contribution in [1.82, 2.24) is 0 Å². The molecule has 0 saturated heterocycles. The van der Waals surface area contributed by atoms with Crippen LogP contribution in [-0.2, 0) is 9.59 Å². The second-order valence-corrected chi connectivity index (χ2v) is 7.60. The highest BCUT2D eigenvalue weighted by Crippen LogP contribution is 2.68. The molecule has 2 saturated carbocycles. The van der Waals surface area contributed by atoms with Crippen LogP contribution in [0.3, 0.4) is 0 Å². The SMILES string of the molecule is C=CCC1=C(CC=C)C(=O)C2C(C1=O)C1C=CC2C12CCCC2. The lowest BCUT2D eigenvalue weighted by atomic mass is 9.68. The molecule has 4 atom stereocenters. The number of carbonyl (C=O) groups is 2. The van der Waals surface area contributed by atoms with Crippen LogP contribution in [0.15, 0.2) is 48.6 Å². The van der Waals surface area contributed by atoms with Gasteiger partial charge in [-0.1, -0.05) is 37.1 Å². The summed E-state index contributed by atoms with van der Waals surface area (Å²) in [6.07, 6.45) is 13.9. The Morgan fingerprint density at radius 3 is 1.74 bits per heavy atom. The molecule has 2 nitrogen and oxygen atoms in total. The van der Waals surface area contributed by atoms with Gasteiger partial charge in [0, 0.05) is 23.0 Å². The van der Waals surface area contributed by atoms with E-state index in [1.807, 2.05) is 0 Å². The average molecular weight is 308 g/mol. The fourth-order valence-electron chi connectivity index (χ4n) is 6.03. The van der Waals surface area contributed by atoms with E-state index >= 15 is 0 Å². The van der Waals surface area contributed by atoms with E-state index in [9.17, 15) is 9.59 Å². The van der Waals surface area contributed by atoms with Crippen LogP contribution < -0.4 is 0 Å². The topological polar surface area (TPSA) is 34.1 Å². The first-order valence-corrected chi connectivity index (χ1v) is 8.86. The highest BCUT2D eigenvalue weighted by atomic mass is 16.1. The molecule has 4 aliphatic rings. The summed E-state index contributed by atoms with van der Waals surface area (Å²) in [5.41, 5.74) is 1.62. The number of ketones is 2. The summed E-state index contributed by atoms with van der Waals surface area (Å²) < 4.78 is 0. The maximum absolute atomic E-state index is 13.2. The number of Topliss-reactive ketones (excluding diaryl/α,β-unsaturated/α-hetero) is 2. The Kier molecular flexibility index (Phi) is 3.33. The van der Waals surface area contributed by atoms with E-state index in [-0.39, 0.29) is 40.7 Å². The van der Waals surface area contributed by atoms with Gasteiger partial charge in [0.05, 0.1) is 0 Å². The van der Waals surface area contributed by atoms with Gasteiger partial charge < -0.3 is 0 Å². The maximum Gasteiger partial charge on any atom is 0.164 e. The first-order valence-electron chi connectivity index (χ1n) is 8.86. The van der Waals surface area contributed by atoms with Gasteiger partial charge in [0.2, 0.25) is 0 Å². The molecule has 0 heterocycles.